The van der Waals surface area contributed by atoms with Crippen LogP contribution in [0.2, 0.25) is 0 Å². The molecule has 0 radical (unpaired) electrons. The zero-order chi connectivity index (χ0) is 10.7. The van der Waals surface area contributed by atoms with E-state index >= 15 is 0 Å². The van der Waals surface area contributed by atoms with Crippen LogP contribution < -0.4 is 0 Å². The molecule has 0 aliphatic carbocycles. The second-order valence-corrected chi connectivity index (χ2v) is 4.35. The van der Waals surface area contributed by atoms with E-state index in [1.807, 2.05) is 30.3 Å². The molecule has 78 valence electrons. The van der Waals surface area contributed by atoms with Crippen molar-refractivity contribution in [3.05, 3.63) is 46.1 Å². The maximum absolute atomic E-state index is 11.7. The maximum Gasteiger partial charge on any atom is 0.201 e. The van der Waals surface area contributed by atoms with E-state index in [1.165, 1.54) is 0 Å². The lowest BCUT2D eigenvalue weighted by atomic mass is 10.1. The Bertz CT molecular complexity index is 410. The third-order valence-electron chi connectivity index (χ3n) is 2.23. The molecule has 0 atom stereocenters. The largest absolute Gasteiger partial charge is 0.490 e. The first-order valence-corrected chi connectivity index (χ1v) is 5.65. The summed E-state index contributed by atoms with van der Waals surface area (Å²) in [6.45, 7) is 0.638. The predicted octanol–water partition coefficient (Wildman–Crippen LogP) is 2.86. The van der Waals surface area contributed by atoms with Crippen molar-refractivity contribution in [2.45, 2.75) is 12.8 Å². The number of carbonyl (C=O) groups is 1. The lowest BCUT2D eigenvalue weighted by Crippen LogP contribution is -2.06. The van der Waals surface area contributed by atoms with Gasteiger partial charge in [0, 0.05) is 17.3 Å². The van der Waals surface area contributed by atoms with Gasteiger partial charge >= 0.3 is 0 Å². The van der Waals surface area contributed by atoms with Crippen LogP contribution in [0.15, 0.2) is 40.6 Å². The van der Waals surface area contributed by atoms with E-state index in [-0.39, 0.29) is 5.78 Å². The molecular formula is C12H11BrO2. The van der Waals surface area contributed by atoms with Gasteiger partial charge in [-0.15, -0.1) is 0 Å². The predicted molar refractivity (Wildman–Crippen MR) is 61.5 cm³/mol. The highest BCUT2D eigenvalue weighted by atomic mass is 79.9. The van der Waals surface area contributed by atoms with Crippen molar-refractivity contribution in [1.29, 1.82) is 0 Å². The summed E-state index contributed by atoms with van der Waals surface area (Å²) in [7, 11) is 0. The van der Waals surface area contributed by atoms with Crippen molar-refractivity contribution < 1.29 is 9.53 Å². The number of hydrogen-bond donors (Lipinski definition) is 0. The topological polar surface area (TPSA) is 26.3 Å². The van der Waals surface area contributed by atoms with E-state index < -0.39 is 0 Å². The van der Waals surface area contributed by atoms with E-state index in [0.29, 0.717) is 18.8 Å². The summed E-state index contributed by atoms with van der Waals surface area (Å²) in [6.07, 6.45) is 3.12. The van der Waals surface area contributed by atoms with Gasteiger partial charge in [-0.3, -0.25) is 4.79 Å². The molecule has 0 saturated carbocycles. The van der Waals surface area contributed by atoms with Gasteiger partial charge in [0.15, 0.2) is 5.76 Å². The molecule has 0 bridgehead atoms. The van der Waals surface area contributed by atoms with Gasteiger partial charge in [-0.05, 0) is 23.8 Å². The Morgan fingerprint density at radius 1 is 1.47 bits per heavy atom. The molecule has 1 aliphatic rings. The van der Waals surface area contributed by atoms with E-state index in [9.17, 15) is 4.79 Å². The Hall–Kier alpha value is -1.09. The molecule has 1 heterocycles. The lowest BCUT2D eigenvalue weighted by molar-refractivity contribution is -0.117. The first-order valence-electron chi connectivity index (χ1n) is 4.86. The summed E-state index contributed by atoms with van der Waals surface area (Å²) < 4.78 is 6.21. The van der Waals surface area contributed by atoms with Crippen LogP contribution in [0.1, 0.15) is 12.0 Å². The van der Waals surface area contributed by atoms with E-state index in [1.54, 1.807) is 0 Å². The van der Waals surface area contributed by atoms with Crippen LogP contribution in [-0.4, -0.2) is 12.4 Å². The maximum atomic E-state index is 11.7. The zero-order valence-electron chi connectivity index (χ0n) is 8.20. The minimum absolute atomic E-state index is 0.0607. The molecule has 15 heavy (non-hydrogen) atoms. The van der Waals surface area contributed by atoms with Crippen molar-refractivity contribution >= 4 is 21.7 Å². The number of halogens is 1. The lowest BCUT2D eigenvalue weighted by Gasteiger charge is -2.03. The molecule has 0 saturated heterocycles. The molecular weight excluding hydrogens is 256 g/mol. The Labute approximate surface area is 97.1 Å². The Morgan fingerprint density at radius 3 is 3.00 bits per heavy atom. The second kappa shape index (κ2) is 4.62. The number of ether oxygens (including phenoxy) is 1. The molecule has 0 aromatic heterocycles. The van der Waals surface area contributed by atoms with Gasteiger partial charge < -0.3 is 4.74 Å². The first kappa shape index (κ1) is 10.4. The van der Waals surface area contributed by atoms with Crippen molar-refractivity contribution in [2.24, 2.45) is 0 Å². The fourth-order valence-electron chi connectivity index (χ4n) is 1.53. The van der Waals surface area contributed by atoms with Crippen molar-refractivity contribution in [3.63, 3.8) is 0 Å². The molecule has 2 nitrogen and oxygen atoms in total. The average molecular weight is 267 g/mol. The summed E-state index contributed by atoms with van der Waals surface area (Å²) in [4.78, 5) is 11.7. The number of Topliss-reactive ketones (excluding diaryl/α,β-unsaturated/α-hetero) is 1. The zero-order valence-corrected chi connectivity index (χ0v) is 9.79. The van der Waals surface area contributed by atoms with Crippen LogP contribution in [-0.2, 0) is 16.0 Å². The molecule has 2 rings (SSSR count). The molecule has 0 spiro atoms. The number of carbonyl (C=O) groups excluding carboxylic acids is 1. The van der Waals surface area contributed by atoms with Gasteiger partial charge in [0.1, 0.15) is 0 Å². The molecule has 0 fully saturated rings. The quantitative estimate of drug-likeness (QED) is 0.841. The van der Waals surface area contributed by atoms with Crippen LogP contribution >= 0.6 is 15.9 Å². The minimum Gasteiger partial charge on any atom is -0.490 e. The minimum atomic E-state index is 0.0607. The first-order chi connectivity index (χ1) is 7.25. The summed E-state index contributed by atoms with van der Waals surface area (Å²) in [5.74, 6) is 0.584. The van der Waals surface area contributed by atoms with Gasteiger partial charge in [-0.25, -0.2) is 0 Å². The smallest absolute Gasteiger partial charge is 0.201 e. The van der Waals surface area contributed by atoms with Gasteiger partial charge in [-0.2, -0.15) is 0 Å². The molecule has 0 unspecified atom stereocenters. The van der Waals surface area contributed by atoms with Gasteiger partial charge in [0.05, 0.1) is 6.61 Å². The van der Waals surface area contributed by atoms with Gasteiger partial charge in [0.25, 0.3) is 0 Å². The van der Waals surface area contributed by atoms with Crippen LogP contribution in [0.4, 0.5) is 0 Å². The average Bonchev–Trinajstić information content (AvgIpc) is 2.70. The molecule has 0 N–H and O–H groups in total. The number of allylic oxidation sites excluding steroid dienone is 1. The summed E-state index contributed by atoms with van der Waals surface area (Å²) in [5.41, 5.74) is 1.01. The number of hydrogen-bond acceptors (Lipinski definition) is 2. The van der Waals surface area contributed by atoms with Crippen LogP contribution in [0.3, 0.4) is 0 Å². The van der Waals surface area contributed by atoms with Crippen LogP contribution in [0, 0.1) is 0 Å². The van der Waals surface area contributed by atoms with Gasteiger partial charge in [-0.1, -0.05) is 28.1 Å². The molecule has 1 aliphatic heterocycles. The number of benzene rings is 1. The van der Waals surface area contributed by atoms with Crippen LogP contribution in [0.5, 0.6) is 0 Å². The van der Waals surface area contributed by atoms with E-state index in [0.717, 1.165) is 16.5 Å². The highest BCUT2D eigenvalue weighted by Gasteiger charge is 2.15. The summed E-state index contributed by atoms with van der Waals surface area (Å²) in [6, 6.07) is 7.77. The highest BCUT2D eigenvalue weighted by molar-refractivity contribution is 9.10. The third kappa shape index (κ3) is 2.69. The highest BCUT2D eigenvalue weighted by Crippen LogP contribution is 2.16. The van der Waals surface area contributed by atoms with Crippen molar-refractivity contribution in [1.82, 2.24) is 0 Å². The second-order valence-electron chi connectivity index (χ2n) is 3.44. The fraction of sp³-hybridized carbons (Fsp3) is 0.250. The van der Waals surface area contributed by atoms with Gasteiger partial charge in [0.2, 0.25) is 5.78 Å². The van der Waals surface area contributed by atoms with E-state index in [4.69, 9.17) is 4.74 Å². The third-order valence-corrected chi connectivity index (χ3v) is 2.73. The van der Waals surface area contributed by atoms with Crippen LogP contribution in [0.25, 0.3) is 0 Å². The molecule has 1 aromatic rings. The van der Waals surface area contributed by atoms with Crippen molar-refractivity contribution in [3.8, 4) is 0 Å². The number of ketones is 1. The molecule has 0 amide bonds. The molecule has 1 aromatic carbocycles. The van der Waals surface area contributed by atoms with E-state index in [2.05, 4.69) is 15.9 Å². The Kier molecular flexibility index (Phi) is 3.21. The summed E-state index contributed by atoms with van der Waals surface area (Å²) in [5, 5.41) is 0. The van der Waals surface area contributed by atoms with Crippen molar-refractivity contribution in [2.75, 3.05) is 6.61 Å². The normalized spacial score (nSPS) is 14.6. The number of rotatable bonds is 3. The monoisotopic (exact) mass is 266 g/mol. The Balaban J connectivity index is 2.05. The molecule has 3 heteroatoms. The standard InChI is InChI=1S/C12H11BrO2/c13-10-4-1-3-9(7-10)8-11(14)12-5-2-6-15-12/h1,3-5,7H,2,6,8H2. The fourth-order valence-corrected chi connectivity index (χ4v) is 1.98. The SMILES string of the molecule is O=C(Cc1cccc(Br)c1)C1=CCCO1. The Morgan fingerprint density at radius 2 is 2.33 bits per heavy atom. The summed E-state index contributed by atoms with van der Waals surface area (Å²) >= 11 is 3.38.